The monoisotopic (exact) mass is 148 g/mol. The average molecular weight is 149 g/mol. The van der Waals surface area contributed by atoms with Gasteiger partial charge >= 0.3 is 0 Å². The third kappa shape index (κ3) is 3.98. The Kier molecular flexibility index (Phi) is 6.98. The first-order valence-corrected chi connectivity index (χ1v) is 2.41. The van der Waals surface area contributed by atoms with Crippen molar-refractivity contribution in [2.45, 2.75) is 6.92 Å². The van der Waals surface area contributed by atoms with Crippen molar-refractivity contribution in [2.24, 2.45) is 0 Å². The van der Waals surface area contributed by atoms with Crippen LogP contribution in [0.25, 0.3) is 0 Å². The van der Waals surface area contributed by atoms with E-state index in [0.717, 1.165) is 0 Å². The van der Waals surface area contributed by atoms with Crippen LogP contribution in [0, 0.1) is 19.3 Å². The van der Waals surface area contributed by atoms with Gasteiger partial charge in [-0.1, -0.05) is 35.9 Å². The lowest BCUT2D eigenvalue weighted by molar-refractivity contribution is -0.00100. The molecule has 0 nitrogen and oxygen atoms in total. The van der Waals surface area contributed by atoms with Crippen LogP contribution < -0.4 is 4.70 Å². The summed E-state index contributed by atoms with van der Waals surface area (Å²) in [6.07, 6.45) is 0. The van der Waals surface area contributed by atoms with Crippen LogP contribution in [0.1, 0.15) is 5.56 Å². The summed E-state index contributed by atoms with van der Waals surface area (Å²) < 4.78 is 0. The summed E-state index contributed by atoms with van der Waals surface area (Å²) >= 11 is 0. The summed E-state index contributed by atoms with van der Waals surface area (Å²) in [6.45, 7) is 2.08. The summed E-state index contributed by atoms with van der Waals surface area (Å²) in [5.41, 5.74) is 1.32. The molecule has 0 saturated carbocycles. The molecule has 0 saturated heterocycles. The smallest absolute Gasteiger partial charge is 0.0903 e. The summed E-state index contributed by atoms with van der Waals surface area (Å²) in [5.74, 6) is 0. The van der Waals surface area contributed by atoms with E-state index in [-0.39, 0.29) is 17.1 Å². The van der Waals surface area contributed by atoms with E-state index in [1.165, 1.54) is 5.56 Å². The quantitative estimate of drug-likeness (QED) is 0.419. The molecule has 0 heterocycles. The standard InChI is InChI=1S/C7H8.ClH2.FH/c1-7-5-3-2-4-6-7;;/h2-6H,1H3;1H2;1H/q;+1;/p-1. The summed E-state index contributed by atoms with van der Waals surface area (Å²) in [5, 5.41) is 0. The van der Waals surface area contributed by atoms with E-state index in [1.54, 1.807) is 0 Å². The van der Waals surface area contributed by atoms with E-state index in [0.29, 0.717) is 0 Å². The van der Waals surface area contributed by atoms with Gasteiger partial charge in [0.15, 0.2) is 0 Å². The zero-order chi connectivity index (χ0) is 5.11. The Hall–Kier alpha value is -0.560. The number of hydrogen-bond donors (Lipinski definition) is 0. The lowest BCUT2D eigenvalue weighted by Gasteiger charge is -1.82. The van der Waals surface area contributed by atoms with Crippen molar-refractivity contribution in [2.75, 3.05) is 0 Å². The first-order valence-electron chi connectivity index (χ1n) is 2.41. The SMILES string of the molecule is Cc1ccccc1.[ClH2+].[F-]. The fraction of sp³-hybridized carbons (Fsp3) is 0.143. The fourth-order valence-electron chi connectivity index (χ4n) is 0.534. The second kappa shape index (κ2) is 5.57. The van der Waals surface area contributed by atoms with Gasteiger partial charge in [-0.3, -0.25) is 0 Å². The summed E-state index contributed by atoms with van der Waals surface area (Å²) in [4.78, 5) is 0. The summed E-state index contributed by atoms with van der Waals surface area (Å²) in [6, 6.07) is 10.3. The van der Waals surface area contributed by atoms with E-state index < -0.39 is 0 Å². The van der Waals surface area contributed by atoms with Gasteiger partial charge in [-0.25, -0.2) is 0 Å². The molecule has 0 aliphatic rings. The molecule has 1 rings (SSSR count). The predicted molar refractivity (Wildman–Crippen MR) is 34.0 cm³/mol. The minimum Gasteiger partial charge on any atom is -1.00 e. The summed E-state index contributed by atoms with van der Waals surface area (Å²) in [7, 11) is 0. The molecule has 52 valence electrons. The van der Waals surface area contributed by atoms with Gasteiger partial charge in [0.25, 0.3) is 0 Å². The molecule has 0 aromatic heterocycles. The van der Waals surface area contributed by atoms with Crippen LogP contribution in [0.15, 0.2) is 30.3 Å². The number of benzene rings is 1. The first-order chi connectivity index (χ1) is 3.39. The van der Waals surface area contributed by atoms with Crippen LogP contribution in [-0.2, 0) is 0 Å². The van der Waals surface area contributed by atoms with E-state index >= 15 is 0 Å². The van der Waals surface area contributed by atoms with Crippen molar-refractivity contribution >= 4 is 0 Å². The molecule has 1 aromatic carbocycles. The molecule has 0 aliphatic carbocycles. The number of hydrogen-bond acceptors (Lipinski definition) is 0. The maximum absolute atomic E-state index is 2.08. The Morgan fingerprint density at radius 2 is 1.44 bits per heavy atom. The van der Waals surface area contributed by atoms with Crippen molar-refractivity contribution < 1.29 is 17.1 Å². The van der Waals surface area contributed by atoms with Crippen LogP contribution in [0.2, 0.25) is 0 Å². The van der Waals surface area contributed by atoms with Crippen molar-refractivity contribution in [1.82, 2.24) is 0 Å². The average Bonchev–Trinajstić information content (AvgIpc) is 1.69. The molecule has 0 bridgehead atoms. The zero-order valence-electron chi connectivity index (χ0n) is 5.21. The number of rotatable bonds is 0. The lowest BCUT2D eigenvalue weighted by Crippen LogP contribution is -3.00. The van der Waals surface area contributed by atoms with Crippen molar-refractivity contribution in [3.8, 4) is 0 Å². The van der Waals surface area contributed by atoms with Crippen molar-refractivity contribution in [1.29, 1.82) is 0 Å². The molecule has 0 atom stereocenters. The van der Waals surface area contributed by atoms with Gasteiger partial charge in [0, 0.05) is 0 Å². The molecule has 0 amide bonds. The Labute approximate surface area is 60.7 Å². The van der Waals surface area contributed by atoms with Gasteiger partial charge in [0.05, 0.1) is 12.4 Å². The predicted octanol–water partition coefficient (Wildman–Crippen LogP) is -1.54. The molecule has 1 aromatic rings. The normalized spacial score (nSPS) is 6.78. The molecule has 9 heavy (non-hydrogen) atoms. The zero-order valence-corrected chi connectivity index (χ0v) is 6.11. The molecule has 0 radical (unpaired) electrons. The highest BCUT2D eigenvalue weighted by atomic mass is 35.5. The third-order valence-corrected chi connectivity index (χ3v) is 0.940. The van der Waals surface area contributed by atoms with Crippen LogP contribution in [0.4, 0.5) is 0 Å². The third-order valence-electron chi connectivity index (χ3n) is 0.940. The van der Waals surface area contributed by atoms with E-state index in [2.05, 4.69) is 19.1 Å². The molecule has 0 fully saturated rings. The topological polar surface area (TPSA) is 0 Å². The van der Waals surface area contributed by atoms with Crippen LogP contribution in [-0.4, -0.2) is 0 Å². The Bertz CT molecular complexity index is 139. The Morgan fingerprint density at radius 1 is 1.00 bits per heavy atom. The second-order valence-electron chi connectivity index (χ2n) is 1.65. The van der Waals surface area contributed by atoms with Crippen LogP contribution in [0.5, 0.6) is 0 Å². The molecule has 0 spiro atoms. The van der Waals surface area contributed by atoms with Gasteiger partial charge in [-0.15, -0.1) is 0 Å². The van der Waals surface area contributed by atoms with Gasteiger partial charge in [-0.05, 0) is 6.92 Å². The maximum atomic E-state index is 2.08. The van der Waals surface area contributed by atoms with Gasteiger partial charge in [0.1, 0.15) is 0 Å². The highest BCUT2D eigenvalue weighted by Crippen LogP contribution is 1.92. The number of halogens is 2. The Balaban J connectivity index is 0. The van der Waals surface area contributed by atoms with Gasteiger partial charge in [-0.2, -0.15) is 0 Å². The fourth-order valence-corrected chi connectivity index (χ4v) is 0.534. The lowest BCUT2D eigenvalue weighted by atomic mass is 10.2. The minimum absolute atomic E-state index is 0. The largest absolute Gasteiger partial charge is 1.00 e. The van der Waals surface area contributed by atoms with Gasteiger partial charge in [0.2, 0.25) is 0 Å². The molecule has 2 heteroatoms. The van der Waals surface area contributed by atoms with Crippen molar-refractivity contribution in [3.63, 3.8) is 0 Å². The highest BCUT2D eigenvalue weighted by molar-refractivity contribution is 5.11. The van der Waals surface area contributed by atoms with Crippen molar-refractivity contribution in [3.05, 3.63) is 35.9 Å². The highest BCUT2D eigenvalue weighted by Gasteiger charge is 1.72. The molecule has 0 aliphatic heterocycles. The van der Waals surface area contributed by atoms with Crippen LogP contribution in [0.3, 0.4) is 0 Å². The second-order valence-corrected chi connectivity index (χ2v) is 1.65. The van der Waals surface area contributed by atoms with Crippen LogP contribution >= 0.6 is 0 Å². The molecule has 0 unspecified atom stereocenters. The molecular formula is C7H10ClF. The minimum atomic E-state index is 0. The number of aryl methyl sites for hydroxylation is 1. The Morgan fingerprint density at radius 3 is 1.67 bits per heavy atom. The molecular weight excluding hydrogens is 139 g/mol. The molecule has 0 N–H and O–H groups in total. The first kappa shape index (κ1) is 11.3. The van der Waals surface area contributed by atoms with E-state index in [4.69, 9.17) is 0 Å². The van der Waals surface area contributed by atoms with E-state index in [9.17, 15) is 0 Å². The van der Waals surface area contributed by atoms with Gasteiger partial charge < -0.3 is 4.70 Å². The van der Waals surface area contributed by atoms with E-state index in [1.807, 2.05) is 18.2 Å². The maximum Gasteiger partial charge on any atom is 0.0903 e.